The lowest BCUT2D eigenvalue weighted by atomic mass is 9.89. The summed E-state index contributed by atoms with van der Waals surface area (Å²) in [7, 11) is 1.94. The number of aryl methyl sites for hydroxylation is 1. The number of hydrogen-bond donors (Lipinski definition) is 2. The van der Waals surface area contributed by atoms with Crippen LogP contribution in [0.15, 0.2) is 6.20 Å². The number of aliphatic hydroxyl groups is 1. The highest BCUT2D eigenvalue weighted by molar-refractivity contribution is 5.23. The molecule has 2 rings (SSSR count). The first-order valence-electron chi connectivity index (χ1n) is 7.30. The molecule has 0 radical (unpaired) electrons. The maximum atomic E-state index is 10.5. The predicted molar refractivity (Wildman–Crippen MR) is 78.6 cm³/mol. The van der Waals surface area contributed by atoms with Crippen LogP contribution in [0.5, 0.6) is 0 Å². The second kappa shape index (κ2) is 5.47. The number of ether oxygens (including phenoxy) is 1. The SMILES string of the molecule is CC1OCCC1(O)CNCc1cn(C)nc1C(C)(C)C. The number of nitrogens with one attached hydrogen (secondary N) is 1. The van der Waals surface area contributed by atoms with Gasteiger partial charge in [0.2, 0.25) is 0 Å². The Bertz CT molecular complexity index is 464. The molecule has 2 heterocycles. The molecule has 1 saturated heterocycles. The van der Waals surface area contributed by atoms with E-state index in [4.69, 9.17) is 4.74 Å². The van der Waals surface area contributed by atoms with Crippen LogP contribution in [-0.2, 0) is 23.7 Å². The zero-order valence-electron chi connectivity index (χ0n) is 13.2. The molecule has 20 heavy (non-hydrogen) atoms. The molecule has 0 aromatic carbocycles. The Labute approximate surface area is 121 Å². The highest BCUT2D eigenvalue weighted by atomic mass is 16.5. The van der Waals surface area contributed by atoms with Crippen LogP contribution < -0.4 is 5.32 Å². The largest absolute Gasteiger partial charge is 0.386 e. The van der Waals surface area contributed by atoms with E-state index in [0.717, 1.165) is 12.2 Å². The van der Waals surface area contributed by atoms with Crippen LogP contribution >= 0.6 is 0 Å². The van der Waals surface area contributed by atoms with E-state index < -0.39 is 5.60 Å². The summed E-state index contributed by atoms with van der Waals surface area (Å²) >= 11 is 0. The molecular formula is C15H27N3O2. The molecule has 1 aliphatic rings. The third kappa shape index (κ3) is 3.22. The van der Waals surface area contributed by atoms with E-state index in [0.29, 0.717) is 19.6 Å². The summed E-state index contributed by atoms with van der Waals surface area (Å²) in [6.45, 7) is 10.3. The molecule has 0 aliphatic carbocycles. The molecule has 1 aliphatic heterocycles. The first kappa shape index (κ1) is 15.5. The van der Waals surface area contributed by atoms with Crippen molar-refractivity contribution in [3.8, 4) is 0 Å². The summed E-state index contributed by atoms with van der Waals surface area (Å²) in [4.78, 5) is 0. The van der Waals surface area contributed by atoms with E-state index in [1.807, 2.05) is 24.9 Å². The Morgan fingerprint density at radius 2 is 2.25 bits per heavy atom. The molecule has 2 N–H and O–H groups in total. The van der Waals surface area contributed by atoms with E-state index in [2.05, 4.69) is 31.2 Å². The first-order chi connectivity index (χ1) is 9.22. The Morgan fingerprint density at radius 3 is 2.80 bits per heavy atom. The molecule has 5 nitrogen and oxygen atoms in total. The average Bonchev–Trinajstić information content (AvgIpc) is 2.84. The maximum Gasteiger partial charge on any atom is 0.105 e. The van der Waals surface area contributed by atoms with Gasteiger partial charge in [-0.05, 0) is 6.92 Å². The van der Waals surface area contributed by atoms with Gasteiger partial charge in [-0.25, -0.2) is 0 Å². The summed E-state index contributed by atoms with van der Waals surface area (Å²) in [5.74, 6) is 0. The van der Waals surface area contributed by atoms with Crippen molar-refractivity contribution in [3.05, 3.63) is 17.5 Å². The van der Waals surface area contributed by atoms with Crippen LogP contribution in [0.4, 0.5) is 0 Å². The van der Waals surface area contributed by atoms with Crippen molar-refractivity contribution < 1.29 is 9.84 Å². The van der Waals surface area contributed by atoms with Crippen LogP contribution in [0.3, 0.4) is 0 Å². The Hall–Kier alpha value is -0.910. The van der Waals surface area contributed by atoms with Gasteiger partial charge in [-0.2, -0.15) is 5.10 Å². The summed E-state index contributed by atoms with van der Waals surface area (Å²) in [6.07, 6.45) is 2.64. The molecule has 2 unspecified atom stereocenters. The Kier molecular flexibility index (Phi) is 4.23. The van der Waals surface area contributed by atoms with Crippen molar-refractivity contribution in [1.29, 1.82) is 0 Å². The topological polar surface area (TPSA) is 59.3 Å². The minimum Gasteiger partial charge on any atom is -0.386 e. The van der Waals surface area contributed by atoms with Gasteiger partial charge in [0, 0.05) is 50.3 Å². The number of rotatable bonds is 4. The zero-order chi connectivity index (χ0) is 15.0. The third-order valence-corrected chi connectivity index (χ3v) is 4.02. The third-order valence-electron chi connectivity index (χ3n) is 4.02. The molecule has 5 heteroatoms. The van der Waals surface area contributed by atoms with Crippen LogP contribution in [0.25, 0.3) is 0 Å². The van der Waals surface area contributed by atoms with Gasteiger partial charge in [-0.15, -0.1) is 0 Å². The molecule has 0 spiro atoms. The van der Waals surface area contributed by atoms with E-state index >= 15 is 0 Å². The van der Waals surface area contributed by atoms with Gasteiger partial charge < -0.3 is 15.2 Å². The van der Waals surface area contributed by atoms with E-state index in [1.54, 1.807) is 0 Å². The van der Waals surface area contributed by atoms with Gasteiger partial charge in [-0.1, -0.05) is 20.8 Å². The Balaban J connectivity index is 1.98. The van der Waals surface area contributed by atoms with Gasteiger partial charge in [0.1, 0.15) is 5.60 Å². The van der Waals surface area contributed by atoms with Gasteiger partial charge in [0.25, 0.3) is 0 Å². The van der Waals surface area contributed by atoms with Gasteiger partial charge >= 0.3 is 0 Å². The van der Waals surface area contributed by atoms with E-state index in [9.17, 15) is 5.11 Å². The highest BCUT2D eigenvalue weighted by Gasteiger charge is 2.39. The zero-order valence-corrected chi connectivity index (χ0v) is 13.2. The quantitative estimate of drug-likeness (QED) is 0.874. The predicted octanol–water partition coefficient (Wildman–Crippen LogP) is 1.35. The average molecular weight is 281 g/mol. The van der Waals surface area contributed by atoms with Crippen LogP contribution in [0.1, 0.15) is 45.4 Å². The number of aromatic nitrogens is 2. The van der Waals surface area contributed by atoms with Crippen molar-refractivity contribution in [2.75, 3.05) is 13.2 Å². The minimum absolute atomic E-state index is 0.0267. The summed E-state index contributed by atoms with van der Waals surface area (Å²) in [5.41, 5.74) is 1.58. The normalized spacial score (nSPS) is 27.2. The van der Waals surface area contributed by atoms with Crippen molar-refractivity contribution in [1.82, 2.24) is 15.1 Å². The molecule has 1 fully saturated rings. The van der Waals surface area contributed by atoms with Gasteiger partial charge in [0.15, 0.2) is 0 Å². The van der Waals surface area contributed by atoms with Gasteiger partial charge in [0.05, 0.1) is 11.8 Å². The number of hydrogen-bond acceptors (Lipinski definition) is 4. The second-order valence-electron chi connectivity index (χ2n) is 6.90. The standard InChI is InChI=1S/C15H27N3O2/c1-11-15(19,6-7-20-11)10-16-8-12-9-18(5)17-13(12)14(2,3)4/h9,11,16,19H,6-8,10H2,1-5H3. The fourth-order valence-corrected chi connectivity index (χ4v) is 2.72. The summed E-state index contributed by atoms with van der Waals surface area (Å²) in [6, 6.07) is 0. The molecule has 1 aromatic rings. The van der Waals surface area contributed by atoms with Crippen molar-refractivity contribution in [2.45, 2.75) is 57.8 Å². The van der Waals surface area contributed by atoms with Crippen molar-refractivity contribution in [3.63, 3.8) is 0 Å². The van der Waals surface area contributed by atoms with Gasteiger partial charge in [-0.3, -0.25) is 4.68 Å². The molecule has 114 valence electrons. The lowest BCUT2D eigenvalue weighted by Crippen LogP contribution is -2.45. The van der Waals surface area contributed by atoms with Crippen LogP contribution in [0, 0.1) is 0 Å². The highest BCUT2D eigenvalue weighted by Crippen LogP contribution is 2.26. The lowest BCUT2D eigenvalue weighted by molar-refractivity contribution is -0.0263. The summed E-state index contributed by atoms with van der Waals surface area (Å²) in [5, 5.41) is 18.4. The van der Waals surface area contributed by atoms with Crippen LogP contribution in [-0.4, -0.2) is 39.7 Å². The molecule has 0 amide bonds. The fourth-order valence-electron chi connectivity index (χ4n) is 2.72. The first-order valence-corrected chi connectivity index (χ1v) is 7.30. The van der Waals surface area contributed by atoms with Crippen molar-refractivity contribution in [2.24, 2.45) is 7.05 Å². The Morgan fingerprint density at radius 1 is 1.55 bits per heavy atom. The smallest absolute Gasteiger partial charge is 0.105 e. The summed E-state index contributed by atoms with van der Waals surface area (Å²) < 4.78 is 7.30. The number of nitrogens with zero attached hydrogens (tertiary/aromatic N) is 2. The second-order valence-corrected chi connectivity index (χ2v) is 6.90. The van der Waals surface area contributed by atoms with Crippen molar-refractivity contribution >= 4 is 0 Å². The molecule has 0 saturated carbocycles. The monoisotopic (exact) mass is 281 g/mol. The lowest BCUT2D eigenvalue weighted by Gasteiger charge is -2.26. The maximum absolute atomic E-state index is 10.5. The molecular weight excluding hydrogens is 254 g/mol. The fraction of sp³-hybridized carbons (Fsp3) is 0.800. The molecule has 1 aromatic heterocycles. The van der Waals surface area contributed by atoms with E-state index in [1.165, 1.54) is 5.56 Å². The molecule has 0 bridgehead atoms. The van der Waals surface area contributed by atoms with E-state index in [-0.39, 0.29) is 11.5 Å². The molecule has 2 atom stereocenters. The minimum atomic E-state index is -0.746. The van der Waals surface area contributed by atoms with Crippen LogP contribution in [0.2, 0.25) is 0 Å².